The van der Waals surface area contributed by atoms with Gasteiger partial charge in [0.2, 0.25) is 0 Å². The number of hydrogen-bond donors (Lipinski definition) is 1. The summed E-state index contributed by atoms with van der Waals surface area (Å²) < 4.78 is 6.69. The average Bonchev–Trinajstić information content (AvgIpc) is 2.67. The number of aliphatic carboxylic acids is 1. The van der Waals surface area contributed by atoms with Gasteiger partial charge in [0.15, 0.2) is 0 Å². The molecule has 106 valence electrons. The molecule has 1 aromatic heterocycles. The van der Waals surface area contributed by atoms with Crippen molar-refractivity contribution in [3.05, 3.63) is 20.3 Å². The fraction of sp³-hybridized carbons (Fsp3) is 0.583. The highest BCUT2D eigenvalue weighted by Crippen LogP contribution is 2.38. The third kappa shape index (κ3) is 3.61. The highest BCUT2D eigenvalue weighted by Gasteiger charge is 2.31. The molecular formula is C12H15Cl2NO3S. The van der Waals surface area contributed by atoms with Crippen LogP contribution in [-0.4, -0.2) is 41.8 Å². The molecule has 1 aromatic rings. The van der Waals surface area contributed by atoms with Gasteiger partial charge in [-0.2, -0.15) is 0 Å². The Bertz CT molecular complexity index is 466. The van der Waals surface area contributed by atoms with Crippen LogP contribution in [0.1, 0.15) is 24.9 Å². The molecule has 0 radical (unpaired) electrons. The summed E-state index contributed by atoms with van der Waals surface area (Å²) in [6.45, 7) is 3.76. The van der Waals surface area contributed by atoms with Gasteiger partial charge in [-0.15, -0.1) is 11.3 Å². The molecule has 1 fully saturated rings. The predicted molar refractivity (Wildman–Crippen MR) is 76.3 cm³/mol. The maximum Gasteiger partial charge on any atom is 0.305 e. The summed E-state index contributed by atoms with van der Waals surface area (Å²) in [4.78, 5) is 13.0. The highest BCUT2D eigenvalue weighted by molar-refractivity contribution is 7.20. The molecule has 0 aromatic carbocycles. The zero-order chi connectivity index (χ0) is 14.0. The molecule has 4 nitrogen and oxygen atoms in total. The van der Waals surface area contributed by atoms with Crippen molar-refractivity contribution in [1.29, 1.82) is 0 Å². The van der Waals surface area contributed by atoms with Gasteiger partial charge in [-0.1, -0.05) is 23.2 Å². The molecule has 19 heavy (non-hydrogen) atoms. The topological polar surface area (TPSA) is 49.8 Å². The molecule has 0 amide bonds. The monoisotopic (exact) mass is 323 g/mol. The summed E-state index contributed by atoms with van der Waals surface area (Å²) in [5.74, 6) is -0.817. The summed E-state index contributed by atoms with van der Waals surface area (Å²) in [7, 11) is 0. The van der Waals surface area contributed by atoms with Crippen molar-refractivity contribution in [3.63, 3.8) is 0 Å². The van der Waals surface area contributed by atoms with E-state index in [1.165, 1.54) is 11.3 Å². The van der Waals surface area contributed by atoms with Crippen LogP contribution in [0.15, 0.2) is 6.07 Å². The summed E-state index contributed by atoms with van der Waals surface area (Å²) in [5, 5.41) is 8.97. The number of morpholine rings is 1. The number of carbonyl (C=O) groups is 1. The van der Waals surface area contributed by atoms with Crippen LogP contribution in [0.4, 0.5) is 0 Å². The van der Waals surface area contributed by atoms with Crippen LogP contribution in [0.25, 0.3) is 0 Å². The largest absolute Gasteiger partial charge is 0.481 e. The number of halogens is 2. The molecular weight excluding hydrogens is 309 g/mol. The van der Waals surface area contributed by atoms with Gasteiger partial charge in [0.1, 0.15) is 0 Å². The number of ether oxygens (including phenoxy) is 1. The van der Waals surface area contributed by atoms with Crippen LogP contribution < -0.4 is 0 Å². The average molecular weight is 324 g/mol. The van der Waals surface area contributed by atoms with E-state index in [0.29, 0.717) is 28.4 Å². The first kappa shape index (κ1) is 15.1. The molecule has 1 N–H and O–H groups in total. The van der Waals surface area contributed by atoms with Crippen LogP contribution in [0.2, 0.25) is 8.67 Å². The maximum atomic E-state index is 10.9. The molecule has 2 heterocycles. The van der Waals surface area contributed by atoms with E-state index in [-0.39, 0.29) is 18.5 Å². The number of nitrogens with zero attached hydrogens (tertiary/aromatic N) is 1. The normalized spacial score (nSPS) is 22.4. The zero-order valence-electron chi connectivity index (χ0n) is 10.4. The van der Waals surface area contributed by atoms with Crippen LogP contribution >= 0.6 is 34.5 Å². The van der Waals surface area contributed by atoms with E-state index in [1.54, 1.807) is 0 Å². The highest BCUT2D eigenvalue weighted by atomic mass is 35.5. The molecule has 0 spiro atoms. The third-order valence-electron chi connectivity index (χ3n) is 3.31. The van der Waals surface area contributed by atoms with Crippen LogP contribution in [0.5, 0.6) is 0 Å². The lowest BCUT2D eigenvalue weighted by Gasteiger charge is -2.39. The summed E-state index contributed by atoms with van der Waals surface area (Å²) >= 11 is 13.5. The summed E-state index contributed by atoms with van der Waals surface area (Å²) in [6.07, 6.45) is 0.0693. The first-order valence-electron chi connectivity index (χ1n) is 5.99. The van der Waals surface area contributed by atoms with E-state index in [0.717, 1.165) is 5.56 Å². The Balaban J connectivity index is 2.17. The van der Waals surface area contributed by atoms with Crippen molar-refractivity contribution in [2.45, 2.75) is 25.4 Å². The van der Waals surface area contributed by atoms with Crippen LogP contribution in [-0.2, 0) is 9.53 Å². The lowest BCUT2D eigenvalue weighted by atomic mass is 10.1. The second kappa shape index (κ2) is 6.41. The molecule has 2 atom stereocenters. The van der Waals surface area contributed by atoms with Crippen molar-refractivity contribution in [2.24, 2.45) is 0 Å². The summed E-state index contributed by atoms with van der Waals surface area (Å²) in [6, 6.07) is 1.76. The Hall–Kier alpha value is -0.330. The molecule has 0 saturated carbocycles. The minimum atomic E-state index is -0.817. The Morgan fingerprint density at radius 3 is 3.00 bits per heavy atom. The molecule has 7 heteroatoms. The number of thiophene rings is 1. The molecule has 2 rings (SSSR count). The van der Waals surface area contributed by atoms with Crippen molar-refractivity contribution < 1.29 is 14.6 Å². The third-order valence-corrected chi connectivity index (χ3v) is 4.83. The van der Waals surface area contributed by atoms with E-state index in [2.05, 4.69) is 4.90 Å². The Kier molecular flexibility index (Phi) is 5.09. The van der Waals surface area contributed by atoms with Gasteiger partial charge in [0.05, 0.1) is 28.3 Å². The van der Waals surface area contributed by atoms with Gasteiger partial charge in [-0.3, -0.25) is 9.69 Å². The lowest BCUT2D eigenvalue weighted by molar-refractivity contribution is -0.140. The minimum absolute atomic E-state index is 0.0319. The standard InChI is InChI=1S/C12H15Cl2NO3S/c1-7(9-5-10(13)19-12(9)14)15-2-3-18-6-8(15)4-11(16)17/h5,7-8H,2-4,6H2,1H3,(H,16,17). The van der Waals surface area contributed by atoms with Crippen LogP contribution in [0, 0.1) is 0 Å². The van der Waals surface area contributed by atoms with Gasteiger partial charge in [-0.25, -0.2) is 0 Å². The van der Waals surface area contributed by atoms with E-state index in [4.69, 9.17) is 33.0 Å². The van der Waals surface area contributed by atoms with Crippen LogP contribution in [0.3, 0.4) is 0 Å². The van der Waals surface area contributed by atoms with E-state index < -0.39 is 5.97 Å². The maximum absolute atomic E-state index is 10.9. The first-order valence-corrected chi connectivity index (χ1v) is 7.56. The Morgan fingerprint density at radius 2 is 2.42 bits per heavy atom. The number of rotatable bonds is 4. The predicted octanol–water partition coefficient (Wildman–Crippen LogP) is 3.29. The van der Waals surface area contributed by atoms with Crippen molar-refractivity contribution >= 4 is 40.5 Å². The molecule has 0 aliphatic carbocycles. The van der Waals surface area contributed by atoms with Gasteiger partial charge in [-0.05, 0) is 13.0 Å². The Labute approximate surface area is 125 Å². The molecule has 0 bridgehead atoms. The second-order valence-electron chi connectivity index (χ2n) is 4.52. The summed E-state index contributed by atoms with van der Waals surface area (Å²) in [5.41, 5.74) is 0.953. The smallest absolute Gasteiger partial charge is 0.305 e. The van der Waals surface area contributed by atoms with E-state index in [9.17, 15) is 4.79 Å². The molecule has 1 saturated heterocycles. The van der Waals surface area contributed by atoms with E-state index >= 15 is 0 Å². The minimum Gasteiger partial charge on any atom is -0.481 e. The number of carboxylic acids is 1. The van der Waals surface area contributed by atoms with Gasteiger partial charge in [0, 0.05) is 24.2 Å². The van der Waals surface area contributed by atoms with Crippen molar-refractivity contribution in [3.8, 4) is 0 Å². The Morgan fingerprint density at radius 1 is 1.68 bits per heavy atom. The van der Waals surface area contributed by atoms with Crippen molar-refractivity contribution in [2.75, 3.05) is 19.8 Å². The van der Waals surface area contributed by atoms with Crippen molar-refractivity contribution in [1.82, 2.24) is 4.90 Å². The number of carboxylic acid groups (broad SMARTS) is 1. The fourth-order valence-corrected chi connectivity index (χ4v) is 4.01. The quantitative estimate of drug-likeness (QED) is 0.923. The number of hydrogen-bond acceptors (Lipinski definition) is 4. The second-order valence-corrected chi connectivity index (χ2v) is 6.81. The molecule has 1 aliphatic rings. The first-order chi connectivity index (χ1) is 8.99. The SMILES string of the molecule is CC(c1cc(Cl)sc1Cl)N1CCOCC1CC(=O)O. The fourth-order valence-electron chi connectivity index (χ4n) is 2.37. The zero-order valence-corrected chi connectivity index (χ0v) is 12.8. The van der Waals surface area contributed by atoms with Gasteiger partial charge < -0.3 is 9.84 Å². The molecule has 2 unspecified atom stereocenters. The van der Waals surface area contributed by atoms with E-state index in [1.807, 2.05) is 13.0 Å². The molecule has 1 aliphatic heterocycles. The lowest BCUT2D eigenvalue weighted by Crippen LogP contribution is -2.47. The van der Waals surface area contributed by atoms with Gasteiger partial charge >= 0.3 is 5.97 Å². The van der Waals surface area contributed by atoms with Gasteiger partial charge in [0.25, 0.3) is 0 Å².